The summed E-state index contributed by atoms with van der Waals surface area (Å²) < 4.78 is 5.21. The largest absolute Gasteiger partial charge is 0.497 e. The van der Waals surface area contributed by atoms with Crippen LogP contribution in [-0.2, 0) is 17.6 Å². The number of rotatable bonds is 7. The van der Waals surface area contributed by atoms with E-state index in [1.807, 2.05) is 41.3 Å². The summed E-state index contributed by atoms with van der Waals surface area (Å²) in [5, 5.41) is 8.85. The van der Waals surface area contributed by atoms with E-state index in [1.165, 1.54) is 12.0 Å². The lowest BCUT2D eigenvalue weighted by Gasteiger charge is -2.32. The normalized spacial score (nSPS) is 14.5. The maximum Gasteiger partial charge on any atom is 0.222 e. The van der Waals surface area contributed by atoms with Crippen molar-refractivity contribution < 1.29 is 9.53 Å². The van der Waals surface area contributed by atoms with E-state index in [-0.39, 0.29) is 5.91 Å². The molecule has 1 heterocycles. The first kappa shape index (κ1) is 19.9. The summed E-state index contributed by atoms with van der Waals surface area (Å²) in [5.41, 5.74) is 3.12. The monoisotopic (exact) mass is 376 g/mol. The van der Waals surface area contributed by atoms with Crippen LogP contribution in [0.3, 0.4) is 0 Å². The number of aryl methyl sites for hydroxylation is 2. The maximum atomic E-state index is 12.5. The lowest BCUT2D eigenvalue weighted by molar-refractivity contribution is -0.132. The molecule has 0 atom stereocenters. The summed E-state index contributed by atoms with van der Waals surface area (Å²) >= 11 is 0. The molecule has 0 bridgehead atoms. The summed E-state index contributed by atoms with van der Waals surface area (Å²) in [4.78, 5) is 14.5. The summed E-state index contributed by atoms with van der Waals surface area (Å²) in [6.07, 6.45) is 5.74. The molecule has 3 rings (SSSR count). The highest BCUT2D eigenvalue weighted by molar-refractivity contribution is 5.76. The molecule has 1 saturated heterocycles. The van der Waals surface area contributed by atoms with Crippen molar-refractivity contribution in [3.8, 4) is 11.8 Å². The zero-order chi connectivity index (χ0) is 19.8. The van der Waals surface area contributed by atoms with Crippen LogP contribution in [0, 0.1) is 17.2 Å². The smallest absolute Gasteiger partial charge is 0.222 e. The van der Waals surface area contributed by atoms with Crippen molar-refractivity contribution in [2.24, 2.45) is 5.92 Å². The Bertz CT molecular complexity index is 798. The van der Waals surface area contributed by atoms with E-state index in [1.54, 1.807) is 7.11 Å². The second kappa shape index (κ2) is 9.94. The number of benzene rings is 2. The lowest BCUT2D eigenvalue weighted by Crippen LogP contribution is -2.38. The molecule has 1 fully saturated rings. The Kier molecular flexibility index (Phi) is 7.08. The number of carbonyl (C=O) groups is 1. The first-order chi connectivity index (χ1) is 13.7. The van der Waals surface area contributed by atoms with Crippen molar-refractivity contribution in [1.29, 1.82) is 5.26 Å². The van der Waals surface area contributed by atoms with Crippen LogP contribution in [0.15, 0.2) is 48.5 Å². The Morgan fingerprint density at radius 2 is 1.64 bits per heavy atom. The van der Waals surface area contributed by atoms with Crippen molar-refractivity contribution in [2.45, 2.75) is 38.5 Å². The van der Waals surface area contributed by atoms with E-state index >= 15 is 0 Å². The highest BCUT2D eigenvalue weighted by Gasteiger charge is 2.22. The molecule has 1 amide bonds. The van der Waals surface area contributed by atoms with Gasteiger partial charge in [-0.3, -0.25) is 4.79 Å². The summed E-state index contributed by atoms with van der Waals surface area (Å²) in [6, 6.07) is 17.9. The molecule has 2 aromatic carbocycles. The Morgan fingerprint density at radius 3 is 2.25 bits per heavy atom. The highest BCUT2D eigenvalue weighted by Crippen LogP contribution is 2.24. The number of methoxy groups -OCH3 is 1. The number of piperidine rings is 1. The van der Waals surface area contributed by atoms with Gasteiger partial charge >= 0.3 is 0 Å². The van der Waals surface area contributed by atoms with Crippen LogP contribution in [0.2, 0.25) is 0 Å². The number of hydrogen-bond donors (Lipinski definition) is 0. The second-order valence-electron chi connectivity index (χ2n) is 7.52. The van der Waals surface area contributed by atoms with E-state index in [4.69, 9.17) is 10.00 Å². The van der Waals surface area contributed by atoms with Crippen LogP contribution in [0.5, 0.6) is 5.75 Å². The number of nitrogens with zero attached hydrogens (tertiary/aromatic N) is 2. The Hall–Kier alpha value is -2.80. The Morgan fingerprint density at radius 1 is 1.04 bits per heavy atom. The van der Waals surface area contributed by atoms with Gasteiger partial charge < -0.3 is 9.64 Å². The van der Waals surface area contributed by atoms with E-state index < -0.39 is 0 Å². The average molecular weight is 377 g/mol. The predicted molar refractivity (Wildman–Crippen MR) is 110 cm³/mol. The van der Waals surface area contributed by atoms with Gasteiger partial charge in [-0.15, -0.1) is 0 Å². The van der Waals surface area contributed by atoms with Gasteiger partial charge in [0.1, 0.15) is 5.75 Å². The molecule has 4 heteroatoms. The molecule has 0 spiro atoms. The molecule has 1 aliphatic rings. The zero-order valence-electron chi connectivity index (χ0n) is 16.6. The first-order valence-corrected chi connectivity index (χ1v) is 10.1. The zero-order valence-corrected chi connectivity index (χ0v) is 16.6. The molecule has 0 aliphatic carbocycles. The van der Waals surface area contributed by atoms with Crippen LogP contribution in [0.1, 0.15) is 42.4 Å². The molecule has 0 N–H and O–H groups in total. The van der Waals surface area contributed by atoms with Crippen LogP contribution in [0.4, 0.5) is 0 Å². The number of ether oxygens (including phenoxy) is 1. The van der Waals surface area contributed by atoms with Crippen molar-refractivity contribution in [2.75, 3.05) is 20.2 Å². The van der Waals surface area contributed by atoms with Crippen molar-refractivity contribution >= 4 is 5.91 Å². The van der Waals surface area contributed by atoms with Crippen LogP contribution in [-0.4, -0.2) is 31.0 Å². The fourth-order valence-corrected chi connectivity index (χ4v) is 3.79. The molecule has 0 aromatic heterocycles. The van der Waals surface area contributed by atoms with E-state index in [2.05, 4.69) is 18.2 Å². The average Bonchev–Trinajstić information content (AvgIpc) is 2.77. The molecule has 28 heavy (non-hydrogen) atoms. The number of amides is 1. The summed E-state index contributed by atoms with van der Waals surface area (Å²) in [7, 11) is 1.69. The minimum Gasteiger partial charge on any atom is -0.497 e. The Labute approximate surface area is 167 Å². The van der Waals surface area contributed by atoms with Crippen LogP contribution < -0.4 is 4.74 Å². The van der Waals surface area contributed by atoms with Gasteiger partial charge in [-0.1, -0.05) is 24.3 Å². The van der Waals surface area contributed by atoms with E-state index in [0.717, 1.165) is 50.1 Å². The van der Waals surface area contributed by atoms with Gasteiger partial charge in [0.15, 0.2) is 0 Å². The molecule has 0 saturated carbocycles. The van der Waals surface area contributed by atoms with Crippen molar-refractivity contribution in [1.82, 2.24) is 4.90 Å². The number of nitriles is 1. The third-order valence-electron chi connectivity index (χ3n) is 5.68. The van der Waals surface area contributed by atoms with Gasteiger partial charge in [-0.05, 0) is 73.4 Å². The van der Waals surface area contributed by atoms with E-state index in [0.29, 0.717) is 17.9 Å². The van der Waals surface area contributed by atoms with Crippen molar-refractivity contribution in [3.63, 3.8) is 0 Å². The summed E-state index contributed by atoms with van der Waals surface area (Å²) in [5.74, 6) is 1.85. The van der Waals surface area contributed by atoms with Gasteiger partial charge in [0, 0.05) is 19.5 Å². The minimum atomic E-state index is 0.248. The molecule has 2 aromatic rings. The van der Waals surface area contributed by atoms with Gasteiger partial charge in [-0.25, -0.2) is 0 Å². The SMILES string of the molecule is COc1ccc(CCC2CCN(C(=O)CCc3ccc(C#N)cc3)CC2)cc1. The molecule has 146 valence electrons. The highest BCUT2D eigenvalue weighted by atomic mass is 16.5. The second-order valence-corrected chi connectivity index (χ2v) is 7.52. The Balaban J connectivity index is 1.37. The third-order valence-corrected chi connectivity index (χ3v) is 5.68. The molecular weight excluding hydrogens is 348 g/mol. The van der Waals surface area contributed by atoms with Gasteiger partial charge in [0.25, 0.3) is 0 Å². The number of carbonyl (C=O) groups excluding carboxylic acids is 1. The molecular formula is C24H28N2O2. The molecule has 0 unspecified atom stereocenters. The fourth-order valence-electron chi connectivity index (χ4n) is 3.79. The third kappa shape index (κ3) is 5.60. The topological polar surface area (TPSA) is 53.3 Å². The standard InChI is InChI=1S/C24H28N2O2/c1-28-23-11-8-20(9-12-23)2-3-21-14-16-26(17-15-21)24(27)13-10-19-4-6-22(18-25)7-5-19/h4-9,11-12,21H,2-3,10,13-17H2,1H3. The fraction of sp³-hybridized carbons (Fsp3) is 0.417. The quantitative estimate of drug-likeness (QED) is 0.721. The molecule has 4 nitrogen and oxygen atoms in total. The van der Waals surface area contributed by atoms with E-state index in [9.17, 15) is 4.79 Å². The lowest BCUT2D eigenvalue weighted by atomic mass is 9.90. The first-order valence-electron chi connectivity index (χ1n) is 10.1. The predicted octanol–water partition coefficient (Wildman–Crippen LogP) is 4.37. The number of hydrogen-bond acceptors (Lipinski definition) is 3. The minimum absolute atomic E-state index is 0.248. The maximum absolute atomic E-state index is 12.5. The number of likely N-dealkylation sites (tertiary alicyclic amines) is 1. The molecule has 0 radical (unpaired) electrons. The molecule has 1 aliphatic heterocycles. The van der Waals surface area contributed by atoms with Gasteiger partial charge in [0.2, 0.25) is 5.91 Å². The summed E-state index contributed by atoms with van der Waals surface area (Å²) in [6.45, 7) is 1.75. The van der Waals surface area contributed by atoms with Crippen molar-refractivity contribution in [3.05, 3.63) is 65.2 Å². The van der Waals surface area contributed by atoms with Gasteiger partial charge in [-0.2, -0.15) is 5.26 Å². The van der Waals surface area contributed by atoms with Crippen LogP contribution in [0.25, 0.3) is 0 Å². The van der Waals surface area contributed by atoms with Crippen LogP contribution >= 0.6 is 0 Å². The van der Waals surface area contributed by atoms with Gasteiger partial charge in [0.05, 0.1) is 18.7 Å².